The maximum absolute atomic E-state index is 13.4. The van der Waals surface area contributed by atoms with Gasteiger partial charge in [-0.25, -0.2) is 13.6 Å². The van der Waals surface area contributed by atoms with E-state index in [1.165, 1.54) is 4.90 Å². The maximum atomic E-state index is 13.4. The first-order valence-corrected chi connectivity index (χ1v) is 8.23. The summed E-state index contributed by atoms with van der Waals surface area (Å²) in [5.41, 5.74) is 0.0742. The van der Waals surface area contributed by atoms with E-state index >= 15 is 0 Å². The van der Waals surface area contributed by atoms with Gasteiger partial charge in [0, 0.05) is 6.54 Å². The summed E-state index contributed by atoms with van der Waals surface area (Å²) < 4.78 is 31.9. The molecule has 5 nitrogen and oxygen atoms in total. The summed E-state index contributed by atoms with van der Waals surface area (Å²) in [5, 5.41) is 2.32. The lowest BCUT2D eigenvalue weighted by Crippen LogP contribution is -2.47. The van der Waals surface area contributed by atoms with Gasteiger partial charge in [-0.15, -0.1) is 0 Å². The number of hydrogen-bond acceptors (Lipinski definition) is 3. The lowest BCUT2D eigenvalue weighted by atomic mass is 10.0. The number of amides is 2. The van der Waals surface area contributed by atoms with Crippen molar-refractivity contribution in [3.63, 3.8) is 0 Å². The van der Waals surface area contributed by atoms with Crippen molar-refractivity contribution in [1.29, 1.82) is 0 Å². The number of likely N-dealkylation sites (tertiary alicyclic amines) is 1. The van der Waals surface area contributed by atoms with E-state index in [2.05, 4.69) is 5.32 Å². The molecule has 0 aromatic heterocycles. The van der Waals surface area contributed by atoms with Crippen molar-refractivity contribution in [3.05, 3.63) is 35.9 Å². The number of ether oxygens (including phenoxy) is 1. The molecular formula is C18H24F2N2O3. The highest BCUT2D eigenvalue weighted by molar-refractivity contribution is 5.88. The fourth-order valence-corrected chi connectivity index (χ4v) is 2.87. The van der Waals surface area contributed by atoms with Crippen LogP contribution in [-0.4, -0.2) is 41.5 Å². The first-order valence-electron chi connectivity index (χ1n) is 8.23. The number of rotatable bonds is 4. The Morgan fingerprint density at radius 1 is 1.28 bits per heavy atom. The van der Waals surface area contributed by atoms with Crippen LogP contribution in [-0.2, 0) is 9.53 Å². The minimum Gasteiger partial charge on any atom is -0.444 e. The number of halogens is 2. The van der Waals surface area contributed by atoms with Crippen molar-refractivity contribution < 1.29 is 23.1 Å². The highest BCUT2D eigenvalue weighted by Crippen LogP contribution is 2.32. The van der Waals surface area contributed by atoms with Crippen LogP contribution in [0.5, 0.6) is 0 Å². The zero-order valence-corrected chi connectivity index (χ0v) is 14.8. The van der Waals surface area contributed by atoms with Gasteiger partial charge in [-0.05, 0) is 33.3 Å². The van der Waals surface area contributed by atoms with Crippen molar-refractivity contribution >= 4 is 12.0 Å². The molecular weight excluding hydrogens is 330 g/mol. The molecule has 138 valence electrons. The van der Waals surface area contributed by atoms with Gasteiger partial charge in [0.2, 0.25) is 12.3 Å². The minimum absolute atomic E-state index is 0.118. The van der Waals surface area contributed by atoms with Crippen LogP contribution >= 0.6 is 0 Å². The maximum Gasteiger partial charge on any atom is 0.408 e. The molecule has 7 heteroatoms. The topological polar surface area (TPSA) is 58.6 Å². The zero-order valence-electron chi connectivity index (χ0n) is 14.8. The molecule has 1 N–H and O–H groups in total. The summed E-state index contributed by atoms with van der Waals surface area (Å²) in [6.07, 6.45) is -3.59. The van der Waals surface area contributed by atoms with Gasteiger partial charge in [0.25, 0.3) is 0 Å². The first kappa shape index (κ1) is 19.1. The number of benzene rings is 1. The number of carbonyl (C=O) groups excluding carboxylic acids is 2. The lowest BCUT2D eigenvalue weighted by Gasteiger charge is -2.25. The molecule has 1 heterocycles. The van der Waals surface area contributed by atoms with Gasteiger partial charge in [0.1, 0.15) is 11.6 Å². The van der Waals surface area contributed by atoms with E-state index in [1.807, 2.05) is 30.3 Å². The third-order valence-electron chi connectivity index (χ3n) is 4.13. The predicted molar refractivity (Wildman–Crippen MR) is 89.2 cm³/mol. The Morgan fingerprint density at radius 3 is 2.40 bits per heavy atom. The van der Waals surface area contributed by atoms with Gasteiger partial charge in [0.05, 0.1) is 12.0 Å². The van der Waals surface area contributed by atoms with Crippen LogP contribution in [0.1, 0.15) is 39.3 Å². The largest absolute Gasteiger partial charge is 0.444 e. The van der Waals surface area contributed by atoms with Crippen LogP contribution in [0, 0.1) is 5.92 Å². The molecule has 1 saturated heterocycles. The molecule has 0 spiro atoms. The highest BCUT2D eigenvalue weighted by Gasteiger charge is 2.47. The van der Waals surface area contributed by atoms with Gasteiger partial charge in [0.15, 0.2) is 0 Å². The van der Waals surface area contributed by atoms with Crippen LogP contribution in [0.25, 0.3) is 0 Å². The molecule has 0 radical (unpaired) electrons. The predicted octanol–water partition coefficient (Wildman–Crippen LogP) is 3.36. The van der Waals surface area contributed by atoms with Crippen molar-refractivity contribution in [2.45, 2.75) is 51.8 Å². The molecule has 2 rings (SSSR count). The van der Waals surface area contributed by atoms with Crippen molar-refractivity contribution in [2.75, 3.05) is 6.54 Å². The molecule has 1 fully saturated rings. The fraction of sp³-hybridized carbons (Fsp3) is 0.556. The number of hydrogen-bond donors (Lipinski definition) is 1. The molecule has 0 aliphatic carbocycles. The molecule has 1 aliphatic rings. The third-order valence-corrected chi connectivity index (χ3v) is 4.13. The SMILES string of the molecule is C[C@H](c1ccccc1)N1CC(C(F)F)C(NC(=O)OC(C)(C)C)C1=O. The van der Waals surface area contributed by atoms with Crippen LogP contribution in [0.3, 0.4) is 0 Å². The summed E-state index contributed by atoms with van der Waals surface area (Å²) in [5.74, 6) is -1.79. The van der Waals surface area contributed by atoms with E-state index in [4.69, 9.17) is 4.74 Å². The molecule has 3 atom stereocenters. The van der Waals surface area contributed by atoms with Crippen molar-refractivity contribution in [3.8, 4) is 0 Å². The minimum atomic E-state index is -2.73. The van der Waals surface area contributed by atoms with E-state index in [9.17, 15) is 18.4 Å². The summed E-state index contributed by atoms with van der Waals surface area (Å²) in [6, 6.07) is 7.52. The molecule has 2 unspecified atom stereocenters. The van der Waals surface area contributed by atoms with Crippen LogP contribution < -0.4 is 5.32 Å². The second kappa shape index (κ2) is 7.37. The lowest BCUT2D eigenvalue weighted by molar-refractivity contribution is -0.131. The molecule has 25 heavy (non-hydrogen) atoms. The molecule has 1 aliphatic heterocycles. The van der Waals surface area contributed by atoms with Crippen LogP contribution in [0.15, 0.2) is 30.3 Å². The van der Waals surface area contributed by atoms with Crippen molar-refractivity contribution in [1.82, 2.24) is 10.2 Å². The second-order valence-corrected chi connectivity index (χ2v) is 7.20. The monoisotopic (exact) mass is 354 g/mol. The van der Waals surface area contributed by atoms with E-state index in [0.717, 1.165) is 5.56 Å². The number of alkyl carbamates (subject to hydrolysis) is 1. The smallest absolute Gasteiger partial charge is 0.408 e. The summed E-state index contributed by atoms with van der Waals surface area (Å²) in [7, 11) is 0. The molecule has 1 aromatic carbocycles. The van der Waals surface area contributed by atoms with Crippen LogP contribution in [0.2, 0.25) is 0 Å². The third kappa shape index (κ3) is 4.67. The Bertz CT molecular complexity index is 616. The summed E-state index contributed by atoms with van der Waals surface area (Å²) >= 11 is 0. The van der Waals surface area contributed by atoms with E-state index in [0.29, 0.717) is 0 Å². The highest BCUT2D eigenvalue weighted by atomic mass is 19.3. The Kier molecular flexibility index (Phi) is 5.65. The average Bonchev–Trinajstić information content (AvgIpc) is 2.83. The summed E-state index contributed by atoms with van der Waals surface area (Å²) in [4.78, 5) is 26.0. The molecule has 1 aromatic rings. The number of nitrogens with zero attached hydrogens (tertiary/aromatic N) is 1. The Morgan fingerprint density at radius 2 is 1.88 bits per heavy atom. The Balaban J connectivity index is 2.16. The Labute approximate surface area is 146 Å². The van der Waals surface area contributed by atoms with Gasteiger partial charge in [-0.2, -0.15) is 0 Å². The van der Waals surface area contributed by atoms with Gasteiger partial charge in [-0.3, -0.25) is 4.79 Å². The second-order valence-electron chi connectivity index (χ2n) is 7.20. The first-order chi connectivity index (χ1) is 11.6. The van der Waals surface area contributed by atoms with E-state index < -0.39 is 36.0 Å². The fourth-order valence-electron chi connectivity index (χ4n) is 2.87. The molecule has 0 saturated carbocycles. The standard InChI is InChI=1S/C18H24F2N2O3/c1-11(12-8-6-5-7-9-12)22-10-13(15(19)20)14(16(22)23)21-17(24)25-18(2,3)4/h5-9,11,13-15H,10H2,1-4H3,(H,21,24)/t11-,13?,14?/m1/s1. The zero-order chi connectivity index (χ0) is 18.8. The number of nitrogens with one attached hydrogen (secondary N) is 1. The van der Waals surface area contributed by atoms with Crippen LogP contribution in [0.4, 0.5) is 13.6 Å². The quantitative estimate of drug-likeness (QED) is 0.902. The molecule has 0 bridgehead atoms. The summed E-state index contributed by atoms with van der Waals surface area (Å²) in [6.45, 7) is 6.66. The van der Waals surface area contributed by atoms with Gasteiger partial charge in [-0.1, -0.05) is 30.3 Å². The normalized spacial score (nSPS) is 22.2. The van der Waals surface area contributed by atoms with Gasteiger partial charge < -0.3 is 15.0 Å². The van der Waals surface area contributed by atoms with E-state index in [1.54, 1.807) is 27.7 Å². The average molecular weight is 354 g/mol. The van der Waals surface area contributed by atoms with Gasteiger partial charge >= 0.3 is 6.09 Å². The number of carbonyl (C=O) groups is 2. The molecule has 2 amide bonds. The van der Waals surface area contributed by atoms with Crippen molar-refractivity contribution in [2.24, 2.45) is 5.92 Å². The van der Waals surface area contributed by atoms with E-state index in [-0.39, 0.29) is 12.6 Å². The number of alkyl halides is 2. The Hall–Kier alpha value is -2.18.